The fraction of sp³-hybridized carbons (Fsp3) is 0.167. The minimum Gasteiger partial charge on any atom is -0.435 e. The van der Waals surface area contributed by atoms with Crippen molar-refractivity contribution in [3.63, 3.8) is 0 Å². The van der Waals surface area contributed by atoms with Gasteiger partial charge in [0, 0.05) is 17.4 Å². The Balaban J connectivity index is 1.83. The number of aromatic nitrogens is 2. The van der Waals surface area contributed by atoms with Crippen LogP contribution in [-0.4, -0.2) is 22.6 Å². The molecule has 0 atom stereocenters. The summed E-state index contributed by atoms with van der Waals surface area (Å²) >= 11 is 0. The predicted octanol–water partition coefficient (Wildman–Crippen LogP) is 2.88. The van der Waals surface area contributed by atoms with E-state index in [1.807, 2.05) is 0 Å². The van der Waals surface area contributed by atoms with E-state index in [4.69, 9.17) is 0 Å². The van der Waals surface area contributed by atoms with Gasteiger partial charge in [0.15, 0.2) is 0 Å². The number of H-pyrrole nitrogens is 1. The number of para-hydroxylation sites is 1. The van der Waals surface area contributed by atoms with E-state index < -0.39 is 6.61 Å². The van der Waals surface area contributed by atoms with Crippen molar-refractivity contribution >= 4 is 16.6 Å². The molecule has 0 unspecified atom stereocenters. The first-order valence-corrected chi connectivity index (χ1v) is 7.55. The van der Waals surface area contributed by atoms with Crippen molar-refractivity contribution in [2.75, 3.05) is 0 Å². The van der Waals surface area contributed by atoms with Gasteiger partial charge >= 0.3 is 6.61 Å². The van der Waals surface area contributed by atoms with Crippen molar-refractivity contribution in [3.8, 4) is 5.75 Å². The molecule has 0 fully saturated rings. The Morgan fingerprint density at radius 2 is 1.72 bits per heavy atom. The SMILES string of the molecule is O=C(Cc1ccccc1OC(F)F)Cc1n[nH]c(=O)c2ccccc12. The van der Waals surface area contributed by atoms with Crippen LogP contribution >= 0.6 is 0 Å². The number of fused-ring (bicyclic) bond motifs is 1. The number of aromatic amines is 1. The molecule has 0 aliphatic rings. The molecule has 2 aromatic carbocycles. The molecule has 5 nitrogen and oxygen atoms in total. The van der Waals surface area contributed by atoms with Crippen LogP contribution in [0.2, 0.25) is 0 Å². The number of Topliss-reactive ketones (excluding diaryl/α,β-unsaturated/α-hetero) is 1. The number of alkyl halides is 2. The first kappa shape index (κ1) is 16.8. The monoisotopic (exact) mass is 344 g/mol. The molecule has 1 heterocycles. The number of hydrogen-bond acceptors (Lipinski definition) is 4. The summed E-state index contributed by atoms with van der Waals surface area (Å²) in [6.45, 7) is -2.96. The lowest BCUT2D eigenvalue weighted by molar-refractivity contribution is -0.118. The minimum absolute atomic E-state index is 0.0230. The predicted molar refractivity (Wildman–Crippen MR) is 87.9 cm³/mol. The van der Waals surface area contributed by atoms with Crippen LogP contribution in [-0.2, 0) is 17.6 Å². The quantitative estimate of drug-likeness (QED) is 0.746. The third kappa shape index (κ3) is 3.88. The van der Waals surface area contributed by atoms with Crippen LogP contribution in [0.5, 0.6) is 5.75 Å². The summed E-state index contributed by atoms with van der Waals surface area (Å²) < 4.78 is 29.3. The molecule has 0 spiro atoms. The lowest BCUT2D eigenvalue weighted by Crippen LogP contribution is -2.15. The molecule has 0 saturated carbocycles. The summed E-state index contributed by atoms with van der Waals surface area (Å²) in [5.41, 5.74) is 0.483. The van der Waals surface area contributed by atoms with E-state index in [-0.39, 0.29) is 29.9 Å². The Labute approximate surface area is 141 Å². The van der Waals surface area contributed by atoms with Crippen molar-refractivity contribution in [1.29, 1.82) is 0 Å². The van der Waals surface area contributed by atoms with Crippen molar-refractivity contribution in [2.24, 2.45) is 0 Å². The maximum Gasteiger partial charge on any atom is 0.387 e. The minimum atomic E-state index is -2.96. The summed E-state index contributed by atoms with van der Waals surface area (Å²) in [6.07, 6.45) is -0.0989. The number of ether oxygens (including phenoxy) is 1. The number of nitrogens with zero attached hydrogens (tertiary/aromatic N) is 1. The van der Waals surface area contributed by atoms with Gasteiger partial charge in [0.25, 0.3) is 5.56 Å². The lowest BCUT2D eigenvalue weighted by Gasteiger charge is -2.10. The fourth-order valence-electron chi connectivity index (χ4n) is 2.63. The maximum absolute atomic E-state index is 12.4. The van der Waals surface area contributed by atoms with Gasteiger partial charge in [-0.05, 0) is 12.1 Å². The second-order valence-corrected chi connectivity index (χ2v) is 5.42. The highest BCUT2D eigenvalue weighted by Gasteiger charge is 2.15. The summed E-state index contributed by atoms with van der Waals surface area (Å²) in [6, 6.07) is 13.0. The highest BCUT2D eigenvalue weighted by atomic mass is 19.3. The zero-order valence-electron chi connectivity index (χ0n) is 13.0. The van der Waals surface area contributed by atoms with E-state index in [9.17, 15) is 18.4 Å². The van der Waals surface area contributed by atoms with Gasteiger partial charge in [-0.3, -0.25) is 9.59 Å². The van der Waals surface area contributed by atoms with E-state index >= 15 is 0 Å². The molecule has 3 aromatic rings. The zero-order valence-corrected chi connectivity index (χ0v) is 13.0. The molecule has 25 heavy (non-hydrogen) atoms. The number of benzene rings is 2. The molecule has 3 rings (SSSR count). The zero-order chi connectivity index (χ0) is 17.8. The van der Waals surface area contributed by atoms with Crippen LogP contribution in [0, 0.1) is 0 Å². The molecule has 0 saturated heterocycles. The average Bonchev–Trinajstić information content (AvgIpc) is 2.59. The summed E-state index contributed by atoms with van der Waals surface area (Å²) in [5.74, 6) is -0.250. The van der Waals surface area contributed by atoms with Gasteiger partial charge in [0.1, 0.15) is 11.5 Å². The molecule has 0 bridgehead atoms. The van der Waals surface area contributed by atoms with Crippen molar-refractivity contribution in [3.05, 3.63) is 70.1 Å². The Bertz CT molecular complexity index is 970. The average molecular weight is 344 g/mol. The fourth-order valence-corrected chi connectivity index (χ4v) is 2.63. The molecule has 0 radical (unpaired) electrons. The third-order valence-corrected chi connectivity index (χ3v) is 3.72. The van der Waals surface area contributed by atoms with Crippen LogP contribution in [0.3, 0.4) is 0 Å². The molecule has 7 heteroatoms. The van der Waals surface area contributed by atoms with Crippen LogP contribution in [0.1, 0.15) is 11.3 Å². The van der Waals surface area contributed by atoms with Gasteiger partial charge in [0.05, 0.1) is 17.5 Å². The summed E-state index contributed by atoms with van der Waals surface area (Å²) in [7, 11) is 0. The molecule has 0 aliphatic heterocycles. The van der Waals surface area contributed by atoms with Gasteiger partial charge in [-0.15, -0.1) is 0 Å². The lowest BCUT2D eigenvalue weighted by atomic mass is 10.0. The molecular formula is C18H14F2N2O3. The van der Waals surface area contributed by atoms with Crippen LogP contribution < -0.4 is 10.3 Å². The van der Waals surface area contributed by atoms with Crippen LogP contribution in [0.4, 0.5) is 8.78 Å². The number of nitrogens with one attached hydrogen (secondary N) is 1. The van der Waals surface area contributed by atoms with E-state index in [0.29, 0.717) is 22.0 Å². The van der Waals surface area contributed by atoms with Gasteiger partial charge in [-0.1, -0.05) is 36.4 Å². The van der Waals surface area contributed by atoms with Gasteiger partial charge in [0.2, 0.25) is 0 Å². The standard InChI is InChI=1S/C18H14F2N2O3/c19-18(20)25-16-8-4-1-5-11(16)9-12(23)10-15-13-6-2-3-7-14(13)17(24)22-21-15/h1-8,18H,9-10H2,(H,22,24). The normalized spacial score (nSPS) is 11.0. The second-order valence-electron chi connectivity index (χ2n) is 5.42. The Morgan fingerprint density at radius 1 is 1.04 bits per heavy atom. The third-order valence-electron chi connectivity index (χ3n) is 3.72. The van der Waals surface area contributed by atoms with Gasteiger partial charge < -0.3 is 4.74 Å². The molecule has 0 amide bonds. The number of halogens is 2. The summed E-state index contributed by atoms with van der Waals surface area (Å²) in [5, 5.41) is 7.36. The van der Waals surface area contributed by atoms with Crippen LogP contribution in [0.25, 0.3) is 10.8 Å². The molecule has 128 valence electrons. The number of carbonyl (C=O) groups excluding carboxylic acids is 1. The number of rotatable bonds is 6. The van der Waals surface area contributed by atoms with E-state index in [1.165, 1.54) is 6.07 Å². The second kappa shape index (κ2) is 7.21. The Morgan fingerprint density at radius 3 is 2.48 bits per heavy atom. The smallest absolute Gasteiger partial charge is 0.387 e. The topological polar surface area (TPSA) is 72.0 Å². The largest absolute Gasteiger partial charge is 0.435 e. The highest BCUT2D eigenvalue weighted by molar-refractivity contribution is 5.90. The first-order chi connectivity index (χ1) is 12.0. The Hall–Kier alpha value is -3.09. The van der Waals surface area contributed by atoms with Gasteiger partial charge in [-0.25, -0.2) is 5.10 Å². The van der Waals surface area contributed by atoms with Crippen molar-refractivity contribution in [1.82, 2.24) is 10.2 Å². The molecular weight excluding hydrogens is 330 g/mol. The van der Waals surface area contributed by atoms with Crippen molar-refractivity contribution in [2.45, 2.75) is 19.5 Å². The Kier molecular flexibility index (Phi) is 4.83. The molecule has 1 aromatic heterocycles. The highest BCUT2D eigenvalue weighted by Crippen LogP contribution is 2.22. The van der Waals surface area contributed by atoms with Crippen molar-refractivity contribution < 1.29 is 18.3 Å². The van der Waals surface area contributed by atoms with E-state index in [2.05, 4.69) is 14.9 Å². The molecule has 0 aliphatic carbocycles. The summed E-state index contributed by atoms with van der Waals surface area (Å²) in [4.78, 5) is 24.1. The number of carbonyl (C=O) groups is 1. The van der Waals surface area contributed by atoms with E-state index in [1.54, 1.807) is 42.5 Å². The van der Waals surface area contributed by atoms with E-state index in [0.717, 1.165) is 0 Å². The molecule has 1 N–H and O–H groups in total. The van der Waals surface area contributed by atoms with Gasteiger partial charge in [-0.2, -0.15) is 13.9 Å². The number of hydrogen-bond donors (Lipinski definition) is 1. The maximum atomic E-state index is 12.4. The number of ketones is 1. The van der Waals surface area contributed by atoms with Crippen LogP contribution in [0.15, 0.2) is 53.3 Å². The first-order valence-electron chi connectivity index (χ1n) is 7.55.